The molecule has 0 aliphatic rings. The van der Waals surface area contributed by atoms with Gasteiger partial charge in [-0.1, -0.05) is 15.9 Å². The molecule has 4 nitrogen and oxygen atoms in total. The molecule has 1 aromatic carbocycles. The maximum atomic E-state index is 8.94. The summed E-state index contributed by atoms with van der Waals surface area (Å²) in [6.45, 7) is 1.89. The van der Waals surface area contributed by atoms with Gasteiger partial charge in [-0.3, -0.25) is 0 Å². The second-order valence-corrected chi connectivity index (χ2v) is 4.89. The van der Waals surface area contributed by atoms with Crippen LogP contribution in [0.5, 0.6) is 0 Å². The van der Waals surface area contributed by atoms with E-state index in [0.717, 1.165) is 14.5 Å². The van der Waals surface area contributed by atoms with E-state index in [4.69, 9.17) is 15.8 Å². The van der Waals surface area contributed by atoms with Crippen LogP contribution in [0.3, 0.4) is 0 Å². The quantitative estimate of drug-likeness (QED) is 0.808. The van der Waals surface area contributed by atoms with Crippen LogP contribution in [0.4, 0.5) is 5.69 Å². The van der Waals surface area contributed by atoms with Gasteiger partial charge in [0.15, 0.2) is 5.57 Å². The average molecular weight is 366 g/mol. The SMILES string of the molecule is Cc1c(Br)ccc(NC(C#N)=C(C#N)C#N)c1Br. The largest absolute Gasteiger partial charge is 0.344 e. The predicted octanol–water partition coefficient (Wildman–Crippen LogP) is 3.76. The Bertz CT molecular complexity index is 626. The van der Waals surface area contributed by atoms with Gasteiger partial charge in [0.25, 0.3) is 0 Å². The third kappa shape index (κ3) is 2.90. The molecule has 0 fully saturated rings. The monoisotopic (exact) mass is 364 g/mol. The van der Waals surface area contributed by atoms with Gasteiger partial charge in [-0.05, 0) is 40.5 Å². The van der Waals surface area contributed by atoms with Crippen molar-refractivity contribution in [2.24, 2.45) is 0 Å². The number of anilines is 1. The van der Waals surface area contributed by atoms with Crippen LogP contribution >= 0.6 is 31.9 Å². The van der Waals surface area contributed by atoms with Gasteiger partial charge in [0.2, 0.25) is 0 Å². The van der Waals surface area contributed by atoms with E-state index in [1.54, 1.807) is 24.3 Å². The molecule has 1 rings (SSSR count). The van der Waals surface area contributed by atoms with Crippen molar-refractivity contribution in [1.82, 2.24) is 0 Å². The molecule has 0 unspecified atom stereocenters. The Hall–Kier alpha value is -1.81. The number of nitrogens with one attached hydrogen (secondary N) is 1. The number of nitrogens with zero attached hydrogens (tertiary/aromatic N) is 3. The Morgan fingerprint density at radius 3 is 2.22 bits per heavy atom. The van der Waals surface area contributed by atoms with Crippen molar-refractivity contribution in [3.8, 4) is 18.2 Å². The molecule has 0 amide bonds. The fourth-order valence-corrected chi connectivity index (χ4v) is 2.22. The summed E-state index contributed by atoms with van der Waals surface area (Å²) in [4.78, 5) is 0. The van der Waals surface area contributed by atoms with Gasteiger partial charge in [-0.2, -0.15) is 15.8 Å². The van der Waals surface area contributed by atoms with Crippen LogP contribution in [-0.4, -0.2) is 0 Å². The lowest BCUT2D eigenvalue weighted by Gasteiger charge is -2.10. The summed E-state index contributed by atoms with van der Waals surface area (Å²) in [6, 6.07) is 8.72. The molecule has 0 bridgehead atoms. The normalized spacial score (nSPS) is 8.67. The van der Waals surface area contributed by atoms with E-state index < -0.39 is 0 Å². The topological polar surface area (TPSA) is 83.4 Å². The summed E-state index contributed by atoms with van der Waals surface area (Å²) in [7, 11) is 0. The Labute approximate surface area is 121 Å². The van der Waals surface area contributed by atoms with Crippen molar-refractivity contribution >= 4 is 37.5 Å². The predicted molar refractivity (Wildman–Crippen MR) is 74.1 cm³/mol. The second-order valence-electron chi connectivity index (χ2n) is 3.24. The molecule has 1 N–H and O–H groups in total. The molecule has 0 aliphatic heterocycles. The molecule has 0 saturated heterocycles. The van der Waals surface area contributed by atoms with Crippen molar-refractivity contribution < 1.29 is 0 Å². The lowest BCUT2D eigenvalue weighted by atomic mass is 10.2. The molecular weight excluding hydrogens is 360 g/mol. The number of rotatable bonds is 2. The van der Waals surface area contributed by atoms with E-state index in [1.807, 2.05) is 13.0 Å². The maximum absolute atomic E-state index is 8.94. The van der Waals surface area contributed by atoms with Gasteiger partial charge in [0.1, 0.15) is 23.9 Å². The van der Waals surface area contributed by atoms with E-state index >= 15 is 0 Å². The molecule has 6 heteroatoms. The molecule has 0 radical (unpaired) electrons. The van der Waals surface area contributed by atoms with E-state index in [2.05, 4.69) is 37.2 Å². The zero-order valence-electron chi connectivity index (χ0n) is 9.25. The van der Waals surface area contributed by atoms with E-state index in [9.17, 15) is 0 Å². The third-order valence-corrected chi connectivity index (χ3v) is 4.05. The van der Waals surface area contributed by atoms with Crippen molar-refractivity contribution in [2.75, 3.05) is 5.32 Å². The Kier molecular flexibility index (Phi) is 4.92. The first-order valence-electron chi connectivity index (χ1n) is 4.71. The van der Waals surface area contributed by atoms with Gasteiger partial charge in [0, 0.05) is 8.95 Å². The number of halogens is 2. The zero-order valence-corrected chi connectivity index (χ0v) is 12.4. The van der Waals surface area contributed by atoms with Crippen molar-refractivity contribution in [2.45, 2.75) is 6.92 Å². The summed E-state index contributed by atoms with van der Waals surface area (Å²) >= 11 is 6.77. The first kappa shape index (κ1) is 14.3. The van der Waals surface area contributed by atoms with Crippen molar-refractivity contribution in [3.05, 3.63) is 37.9 Å². The highest BCUT2D eigenvalue weighted by Crippen LogP contribution is 2.32. The van der Waals surface area contributed by atoms with E-state index in [0.29, 0.717) is 5.69 Å². The fraction of sp³-hybridized carbons (Fsp3) is 0.0833. The lowest BCUT2D eigenvalue weighted by molar-refractivity contribution is 1.33. The first-order valence-corrected chi connectivity index (χ1v) is 6.30. The number of nitriles is 3. The summed E-state index contributed by atoms with van der Waals surface area (Å²) in [5.41, 5.74) is 1.26. The zero-order chi connectivity index (χ0) is 13.7. The van der Waals surface area contributed by atoms with E-state index in [-0.39, 0.29) is 11.3 Å². The number of hydrogen-bond donors (Lipinski definition) is 1. The number of benzene rings is 1. The minimum Gasteiger partial charge on any atom is -0.344 e. The summed E-state index contributed by atoms with van der Waals surface area (Å²) in [6.07, 6.45) is 0. The molecule has 0 heterocycles. The minimum atomic E-state index is -0.245. The summed E-state index contributed by atoms with van der Waals surface area (Å²) in [5.74, 6) is 0. The number of hydrogen-bond acceptors (Lipinski definition) is 4. The molecular formula is C12H6Br2N4. The van der Waals surface area contributed by atoms with Crippen LogP contribution in [0.2, 0.25) is 0 Å². The smallest absolute Gasteiger partial charge is 0.163 e. The average Bonchev–Trinajstić information content (AvgIpc) is 2.38. The first-order chi connectivity index (χ1) is 8.54. The summed E-state index contributed by atoms with van der Waals surface area (Å²) in [5, 5.41) is 29.2. The van der Waals surface area contributed by atoms with Gasteiger partial charge < -0.3 is 5.32 Å². The Morgan fingerprint density at radius 2 is 1.72 bits per heavy atom. The van der Waals surface area contributed by atoms with Crippen LogP contribution in [-0.2, 0) is 0 Å². The highest BCUT2D eigenvalue weighted by Gasteiger charge is 2.10. The summed E-state index contributed by atoms with van der Waals surface area (Å²) < 4.78 is 1.68. The molecule has 1 aromatic rings. The molecule has 88 valence electrons. The molecule has 18 heavy (non-hydrogen) atoms. The van der Waals surface area contributed by atoms with Gasteiger partial charge >= 0.3 is 0 Å². The van der Waals surface area contributed by atoms with Gasteiger partial charge in [-0.15, -0.1) is 0 Å². The highest BCUT2D eigenvalue weighted by molar-refractivity contribution is 9.11. The van der Waals surface area contributed by atoms with Crippen LogP contribution in [0.15, 0.2) is 32.3 Å². The Morgan fingerprint density at radius 1 is 1.11 bits per heavy atom. The third-order valence-electron chi connectivity index (χ3n) is 2.17. The highest BCUT2D eigenvalue weighted by atomic mass is 79.9. The lowest BCUT2D eigenvalue weighted by Crippen LogP contribution is -2.02. The molecule has 0 aliphatic carbocycles. The maximum Gasteiger partial charge on any atom is 0.163 e. The number of allylic oxidation sites excluding steroid dienone is 2. The van der Waals surface area contributed by atoms with Crippen LogP contribution in [0.25, 0.3) is 0 Å². The van der Waals surface area contributed by atoms with Crippen LogP contribution < -0.4 is 5.32 Å². The van der Waals surface area contributed by atoms with Crippen molar-refractivity contribution in [1.29, 1.82) is 15.8 Å². The molecule has 0 atom stereocenters. The van der Waals surface area contributed by atoms with E-state index in [1.165, 1.54) is 0 Å². The van der Waals surface area contributed by atoms with Crippen LogP contribution in [0.1, 0.15) is 5.56 Å². The molecule has 0 saturated carbocycles. The second kappa shape index (κ2) is 6.21. The standard InChI is InChI=1S/C12H6Br2N4/c1-7-9(13)2-3-10(12(7)14)18-11(6-17)8(4-15)5-16/h2-3,18H,1H3. The van der Waals surface area contributed by atoms with Crippen molar-refractivity contribution in [3.63, 3.8) is 0 Å². The Balaban J connectivity index is 3.26. The minimum absolute atomic E-state index is 0.0672. The van der Waals surface area contributed by atoms with Gasteiger partial charge in [0.05, 0.1) is 5.69 Å². The van der Waals surface area contributed by atoms with Crippen LogP contribution in [0, 0.1) is 40.9 Å². The molecule has 0 aromatic heterocycles. The fourth-order valence-electron chi connectivity index (χ4n) is 1.18. The van der Waals surface area contributed by atoms with Gasteiger partial charge in [-0.25, -0.2) is 0 Å². The molecule has 0 spiro atoms.